The van der Waals surface area contributed by atoms with Gasteiger partial charge in [0.25, 0.3) is 0 Å². The van der Waals surface area contributed by atoms with Gasteiger partial charge >= 0.3 is 5.97 Å². The summed E-state index contributed by atoms with van der Waals surface area (Å²) in [6, 6.07) is -0.462. The van der Waals surface area contributed by atoms with Gasteiger partial charge in [-0.2, -0.15) is 0 Å². The zero-order valence-electron chi connectivity index (χ0n) is 16.1. The Hall–Kier alpha value is -1.42. The predicted molar refractivity (Wildman–Crippen MR) is 97.8 cm³/mol. The monoisotopic (exact) mass is 335 g/mol. The lowest BCUT2D eigenvalue weighted by atomic mass is 9.87. The van der Waals surface area contributed by atoms with Crippen molar-refractivity contribution in [2.75, 3.05) is 6.61 Å². The molecule has 1 rings (SSSR count). The van der Waals surface area contributed by atoms with E-state index < -0.39 is 6.04 Å². The molecule has 1 atom stereocenters. The van der Waals surface area contributed by atoms with Crippen molar-refractivity contribution in [2.45, 2.75) is 78.8 Å². The molecule has 4 nitrogen and oxygen atoms in total. The van der Waals surface area contributed by atoms with Gasteiger partial charge in [-0.1, -0.05) is 39.0 Å². The van der Waals surface area contributed by atoms with Crippen LogP contribution >= 0.6 is 0 Å². The van der Waals surface area contributed by atoms with Crippen molar-refractivity contribution in [3.05, 3.63) is 23.8 Å². The van der Waals surface area contributed by atoms with Gasteiger partial charge in [-0.05, 0) is 45.6 Å². The number of esters is 1. The summed E-state index contributed by atoms with van der Waals surface area (Å²) >= 11 is 0. The average Bonchev–Trinajstić information content (AvgIpc) is 2.47. The third-order valence-corrected chi connectivity index (χ3v) is 3.89. The number of Topliss-reactive ketones (excluding diaryl/α,β-unsaturated/α-hetero) is 1. The molecule has 1 aliphatic carbocycles. The minimum Gasteiger partial charge on any atom is -0.460 e. The van der Waals surface area contributed by atoms with Gasteiger partial charge < -0.3 is 4.74 Å². The molecule has 0 aliphatic heterocycles. The van der Waals surface area contributed by atoms with Crippen LogP contribution < -0.4 is 5.32 Å². The van der Waals surface area contributed by atoms with Crippen LogP contribution in [-0.4, -0.2) is 29.9 Å². The van der Waals surface area contributed by atoms with Crippen LogP contribution in [-0.2, 0) is 14.3 Å². The van der Waals surface area contributed by atoms with Gasteiger partial charge in [0.1, 0.15) is 18.4 Å². The van der Waals surface area contributed by atoms with E-state index in [4.69, 9.17) is 4.74 Å². The van der Waals surface area contributed by atoms with Crippen molar-refractivity contribution >= 4 is 11.8 Å². The highest BCUT2D eigenvalue weighted by molar-refractivity contribution is 5.84. The quantitative estimate of drug-likeness (QED) is 0.716. The zero-order valence-corrected chi connectivity index (χ0v) is 16.1. The fourth-order valence-electron chi connectivity index (χ4n) is 2.46. The second-order valence-electron chi connectivity index (χ2n) is 8.56. The third-order valence-electron chi connectivity index (χ3n) is 3.89. The van der Waals surface area contributed by atoms with Gasteiger partial charge in [0, 0.05) is 17.4 Å². The van der Waals surface area contributed by atoms with E-state index in [9.17, 15) is 9.59 Å². The second-order valence-corrected chi connectivity index (χ2v) is 8.56. The summed E-state index contributed by atoms with van der Waals surface area (Å²) in [5.74, 6) is -0.113. The molecule has 0 saturated carbocycles. The topological polar surface area (TPSA) is 55.4 Å². The molecule has 4 heteroatoms. The van der Waals surface area contributed by atoms with Crippen LogP contribution in [0.2, 0.25) is 0 Å². The van der Waals surface area contributed by atoms with Crippen LogP contribution in [0.3, 0.4) is 0 Å². The van der Waals surface area contributed by atoms with E-state index in [-0.39, 0.29) is 22.7 Å². The maximum atomic E-state index is 12.5. The summed E-state index contributed by atoms with van der Waals surface area (Å²) < 4.78 is 5.49. The first-order chi connectivity index (χ1) is 11.0. The lowest BCUT2D eigenvalue weighted by Gasteiger charge is -2.28. The molecule has 1 aliphatic rings. The summed E-state index contributed by atoms with van der Waals surface area (Å²) in [6.45, 7) is 12.1. The van der Waals surface area contributed by atoms with Crippen LogP contribution in [0.25, 0.3) is 0 Å². The molecule has 0 saturated heterocycles. The van der Waals surface area contributed by atoms with Gasteiger partial charge in [-0.3, -0.25) is 14.9 Å². The second kappa shape index (κ2) is 8.61. The van der Waals surface area contributed by atoms with Crippen LogP contribution in [0.1, 0.15) is 67.2 Å². The summed E-state index contributed by atoms with van der Waals surface area (Å²) in [4.78, 5) is 24.7. The molecule has 0 heterocycles. The summed E-state index contributed by atoms with van der Waals surface area (Å²) in [7, 11) is 0. The van der Waals surface area contributed by atoms with Crippen molar-refractivity contribution in [2.24, 2.45) is 5.41 Å². The Morgan fingerprint density at radius 2 is 1.88 bits per heavy atom. The molecule has 136 valence electrons. The molecule has 24 heavy (non-hydrogen) atoms. The number of ketones is 1. The number of carbonyl (C=O) groups excluding carboxylic acids is 2. The van der Waals surface area contributed by atoms with Crippen molar-refractivity contribution in [3.63, 3.8) is 0 Å². The Kier molecular flexibility index (Phi) is 7.40. The smallest absolute Gasteiger partial charge is 0.323 e. The summed E-state index contributed by atoms with van der Waals surface area (Å²) in [5, 5.41) is 3.29. The van der Waals surface area contributed by atoms with Crippen molar-refractivity contribution in [3.8, 4) is 0 Å². The highest BCUT2D eigenvalue weighted by Crippen LogP contribution is 2.19. The van der Waals surface area contributed by atoms with Crippen molar-refractivity contribution in [1.82, 2.24) is 5.32 Å². The van der Waals surface area contributed by atoms with E-state index >= 15 is 0 Å². The number of nitrogens with one attached hydrogen (secondary N) is 1. The molecule has 0 spiro atoms. The van der Waals surface area contributed by atoms with Crippen LogP contribution in [0.4, 0.5) is 0 Å². The van der Waals surface area contributed by atoms with E-state index in [0.717, 1.165) is 18.4 Å². The van der Waals surface area contributed by atoms with Gasteiger partial charge in [0.05, 0.1) is 0 Å². The van der Waals surface area contributed by atoms with E-state index in [2.05, 4.69) is 11.4 Å². The molecule has 1 N–H and O–H groups in total. The lowest BCUT2D eigenvalue weighted by molar-refractivity contribution is -0.146. The fraction of sp³-hybridized carbons (Fsp3) is 0.700. The molecule has 0 aromatic carbocycles. The standard InChI is InChI=1S/C20H33NO3/c1-19(2,3)17(22)13-12-16(21-20(4,5)6)18(23)24-14-15-10-8-7-9-11-15/h7-8,10,16,21H,9,11-14H2,1-6H3. The minimum atomic E-state index is -0.462. The molecule has 0 aromatic rings. The van der Waals surface area contributed by atoms with Gasteiger partial charge in [-0.25, -0.2) is 0 Å². The average molecular weight is 335 g/mol. The zero-order chi connectivity index (χ0) is 18.4. The number of hydrogen-bond acceptors (Lipinski definition) is 4. The predicted octanol–water partition coefficient (Wildman–Crippen LogP) is 3.96. The number of hydrogen-bond donors (Lipinski definition) is 1. The SMILES string of the molecule is CC(C)(C)NC(CCC(=O)C(C)(C)C)C(=O)OCC1=CC=CCC1. The van der Waals surface area contributed by atoms with Crippen molar-refractivity contribution in [1.29, 1.82) is 0 Å². The first kappa shape index (κ1) is 20.6. The molecular weight excluding hydrogens is 302 g/mol. The number of allylic oxidation sites excluding steroid dienone is 3. The van der Waals surface area contributed by atoms with E-state index in [1.807, 2.05) is 53.7 Å². The Labute approximate surface area is 146 Å². The van der Waals surface area contributed by atoms with Crippen LogP contribution in [0.15, 0.2) is 23.8 Å². The number of rotatable bonds is 7. The van der Waals surface area contributed by atoms with E-state index in [1.54, 1.807) is 0 Å². The van der Waals surface area contributed by atoms with Gasteiger partial charge in [0.15, 0.2) is 0 Å². The first-order valence-electron chi connectivity index (χ1n) is 8.81. The number of carbonyl (C=O) groups is 2. The fourth-order valence-corrected chi connectivity index (χ4v) is 2.46. The van der Waals surface area contributed by atoms with Gasteiger partial charge in [0.2, 0.25) is 0 Å². The molecular formula is C20H33NO3. The maximum absolute atomic E-state index is 12.5. The third kappa shape index (κ3) is 7.91. The Morgan fingerprint density at radius 1 is 1.21 bits per heavy atom. The normalized spacial score (nSPS) is 16.5. The van der Waals surface area contributed by atoms with E-state index in [0.29, 0.717) is 19.4 Å². The highest BCUT2D eigenvalue weighted by atomic mass is 16.5. The Bertz CT molecular complexity index is 504. The Balaban J connectivity index is 2.63. The lowest BCUT2D eigenvalue weighted by Crippen LogP contribution is -2.48. The summed E-state index contributed by atoms with van der Waals surface area (Å²) in [5.41, 5.74) is 0.530. The van der Waals surface area contributed by atoms with E-state index in [1.165, 1.54) is 0 Å². The first-order valence-corrected chi connectivity index (χ1v) is 8.81. The minimum absolute atomic E-state index is 0.163. The van der Waals surface area contributed by atoms with Crippen LogP contribution in [0, 0.1) is 5.41 Å². The van der Waals surface area contributed by atoms with Gasteiger partial charge in [-0.15, -0.1) is 0 Å². The molecule has 0 radical (unpaired) electrons. The maximum Gasteiger partial charge on any atom is 0.323 e. The van der Waals surface area contributed by atoms with Crippen LogP contribution in [0.5, 0.6) is 0 Å². The molecule has 0 fully saturated rings. The number of ether oxygens (including phenoxy) is 1. The molecule has 1 unspecified atom stereocenters. The molecule has 0 bridgehead atoms. The Morgan fingerprint density at radius 3 is 2.38 bits per heavy atom. The molecule has 0 amide bonds. The largest absolute Gasteiger partial charge is 0.460 e. The summed E-state index contributed by atoms with van der Waals surface area (Å²) in [6.07, 6.45) is 8.87. The molecule has 0 aromatic heterocycles. The highest BCUT2D eigenvalue weighted by Gasteiger charge is 2.28. The van der Waals surface area contributed by atoms with Crippen molar-refractivity contribution < 1.29 is 14.3 Å².